The highest BCUT2D eigenvalue weighted by atomic mass is 15.3. The molecule has 1 rings (SSSR count). The van der Waals surface area contributed by atoms with Crippen molar-refractivity contribution in [2.75, 3.05) is 19.6 Å². The Bertz CT molecular complexity index is 171. The lowest BCUT2D eigenvalue weighted by atomic mass is 9.97. The molecule has 0 amide bonds. The molecular weight excluding hydrogens is 172 g/mol. The maximum absolute atomic E-state index is 2.65. The van der Waals surface area contributed by atoms with Gasteiger partial charge in [-0.25, -0.2) is 0 Å². The molecule has 0 aromatic heterocycles. The van der Waals surface area contributed by atoms with Crippen LogP contribution in [0.5, 0.6) is 0 Å². The first-order valence-corrected chi connectivity index (χ1v) is 5.87. The fraction of sp³-hybridized carbons (Fsp3) is 1.00. The third kappa shape index (κ3) is 2.48. The highest BCUT2D eigenvalue weighted by Gasteiger charge is 2.35. The number of rotatable bonds is 1. The SMILES string of the molecule is CCN1C[C@@H](C)N(C(C)(C)C)[C@@H](C)C1. The van der Waals surface area contributed by atoms with Crippen molar-refractivity contribution in [3.8, 4) is 0 Å². The molecule has 0 saturated carbocycles. The van der Waals surface area contributed by atoms with Crippen LogP contribution in [0.4, 0.5) is 0 Å². The molecule has 1 aliphatic rings. The summed E-state index contributed by atoms with van der Waals surface area (Å²) >= 11 is 0. The van der Waals surface area contributed by atoms with Gasteiger partial charge in [0.25, 0.3) is 0 Å². The zero-order valence-electron chi connectivity index (χ0n) is 10.7. The lowest BCUT2D eigenvalue weighted by Gasteiger charge is -2.50. The van der Waals surface area contributed by atoms with Gasteiger partial charge in [-0.05, 0) is 41.2 Å². The van der Waals surface area contributed by atoms with Crippen LogP contribution in [0.3, 0.4) is 0 Å². The molecule has 1 heterocycles. The molecule has 1 saturated heterocycles. The third-order valence-corrected chi connectivity index (χ3v) is 3.22. The molecule has 1 fully saturated rings. The van der Waals surface area contributed by atoms with E-state index in [1.165, 1.54) is 19.6 Å². The lowest BCUT2D eigenvalue weighted by molar-refractivity contribution is -0.0206. The maximum atomic E-state index is 2.65. The van der Waals surface area contributed by atoms with Crippen molar-refractivity contribution in [3.63, 3.8) is 0 Å². The third-order valence-electron chi connectivity index (χ3n) is 3.22. The Morgan fingerprint density at radius 2 is 1.50 bits per heavy atom. The second-order valence-electron chi connectivity index (χ2n) is 5.63. The topological polar surface area (TPSA) is 6.48 Å². The average molecular weight is 198 g/mol. The fourth-order valence-corrected chi connectivity index (χ4v) is 3.01. The summed E-state index contributed by atoms with van der Waals surface area (Å²) in [5, 5.41) is 0. The largest absolute Gasteiger partial charge is 0.301 e. The van der Waals surface area contributed by atoms with Crippen LogP contribution in [0.15, 0.2) is 0 Å². The summed E-state index contributed by atoms with van der Waals surface area (Å²) in [7, 11) is 0. The summed E-state index contributed by atoms with van der Waals surface area (Å²) < 4.78 is 0. The van der Waals surface area contributed by atoms with Gasteiger partial charge in [0.2, 0.25) is 0 Å². The van der Waals surface area contributed by atoms with E-state index in [9.17, 15) is 0 Å². The van der Waals surface area contributed by atoms with Gasteiger partial charge < -0.3 is 4.90 Å². The molecular formula is C12H26N2. The van der Waals surface area contributed by atoms with Crippen LogP contribution < -0.4 is 0 Å². The zero-order chi connectivity index (χ0) is 10.9. The molecule has 0 N–H and O–H groups in total. The molecule has 84 valence electrons. The van der Waals surface area contributed by atoms with E-state index in [-0.39, 0.29) is 0 Å². The van der Waals surface area contributed by atoms with E-state index < -0.39 is 0 Å². The molecule has 0 aromatic carbocycles. The molecule has 0 unspecified atom stereocenters. The van der Waals surface area contributed by atoms with E-state index in [0.717, 1.165) is 0 Å². The molecule has 0 radical (unpaired) electrons. The van der Waals surface area contributed by atoms with Crippen LogP contribution >= 0.6 is 0 Å². The summed E-state index contributed by atoms with van der Waals surface area (Å²) in [6.07, 6.45) is 0. The molecule has 0 aliphatic carbocycles. The Morgan fingerprint density at radius 3 is 1.79 bits per heavy atom. The van der Waals surface area contributed by atoms with Crippen LogP contribution in [0.25, 0.3) is 0 Å². The second-order valence-corrected chi connectivity index (χ2v) is 5.63. The number of hydrogen-bond acceptors (Lipinski definition) is 2. The van der Waals surface area contributed by atoms with Gasteiger partial charge in [0.15, 0.2) is 0 Å². The minimum Gasteiger partial charge on any atom is -0.301 e. The van der Waals surface area contributed by atoms with Gasteiger partial charge in [0.1, 0.15) is 0 Å². The van der Waals surface area contributed by atoms with Crippen molar-refractivity contribution in [2.24, 2.45) is 0 Å². The highest BCUT2D eigenvalue weighted by Crippen LogP contribution is 2.24. The van der Waals surface area contributed by atoms with Gasteiger partial charge in [0, 0.05) is 30.7 Å². The van der Waals surface area contributed by atoms with Gasteiger partial charge >= 0.3 is 0 Å². The second kappa shape index (κ2) is 4.19. The van der Waals surface area contributed by atoms with Crippen molar-refractivity contribution in [1.82, 2.24) is 9.80 Å². The first kappa shape index (κ1) is 12.0. The predicted molar refractivity (Wildman–Crippen MR) is 62.6 cm³/mol. The molecule has 0 aromatic rings. The van der Waals surface area contributed by atoms with Crippen molar-refractivity contribution in [3.05, 3.63) is 0 Å². The number of likely N-dealkylation sites (N-methyl/N-ethyl adjacent to an activating group) is 1. The standard InChI is InChI=1S/C12H26N2/c1-7-13-8-10(2)14(11(3)9-13)12(4,5)6/h10-11H,7-9H2,1-6H3/t10-,11+. The van der Waals surface area contributed by atoms with Crippen LogP contribution in [0.2, 0.25) is 0 Å². The van der Waals surface area contributed by atoms with E-state index in [1.807, 2.05) is 0 Å². The molecule has 14 heavy (non-hydrogen) atoms. The zero-order valence-corrected chi connectivity index (χ0v) is 10.7. The summed E-state index contributed by atoms with van der Waals surface area (Å²) in [5.41, 5.74) is 0.304. The minimum atomic E-state index is 0.304. The summed E-state index contributed by atoms with van der Waals surface area (Å²) in [5.74, 6) is 0. The Hall–Kier alpha value is -0.0800. The first-order valence-electron chi connectivity index (χ1n) is 5.87. The highest BCUT2D eigenvalue weighted by molar-refractivity contribution is 4.91. The van der Waals surface area contributed by atoms with E-state index in [2.05, 4.69) is 51.3 Å². The van der Waals surface area contributed by atoms with Gasteiger partial charge in [-0.1, -0.05) is 6.92 Å². The van der Waals surface area contributed by atoms with E-state index in [1.54, 1.807) is 0 Å². The van der Waals surface area contributed by atoms with Crippen LogP contribution in [-0.2, 0) is 0 Å². The van der Waals surface area contributed by atoms with E-state index in [0.29, 0.717) is 17.6 Å². The van der Waals surface area contributed by atoms with Gasteiger partial charge in [-0.2, -0.15) is 0 Å². The van der Waals surface area contributed by atoms with Crippen LogP contribution in [0.1, 0.15) is 41.5 Å². The molecule has 0 bridgehead atoms. The quantitative estimate of drug-likeness (QED) is 0.637. The van der Waals surface area contributed by atoms with E-state index >= 15 is 0 Å². The minimum absolute atomic E-state index is 0.304. The fourth-order valence-electron chi connectivity index (χ4n) is 3.01. The Morgan fingerprint density at radius 1 is 1.07 bits per heavy atom. The average Bonchev–Trinajstić information content (AvgIpc) is 1.99. The molecule has 2 heteroatoms. The normalized spacial score (nSPS) is 32.1. The lowest BCUT2D eigenvalue weighted by Crippen LogP contribution is -2.62. The summed E-state index contributed by atoms with van der Waals surface area (Å²) in [4.78, 5) is 5.21. The summed E-state index contributed by atoms with van der Waals surface area (Å²) in [6, 6.07) is 1.36. The van der Waals surface area contributed by atoms with Crippen molar-refractivity contribution >= 4 is 0 Å². The van der Waals surface area contributed by atoms with Crippen LogP contribution in [-0.4, -0.2) is 47.1 Å². The van der Waals surface area contributed by atoms with Crippen LogP contribution in [0, 0.1) is 0 Å². The maximum Gasteiger partial charge on any atom is 0.0203 e. The van der Waals surface area contributed by atoms with Gasteiger partial charge in [-0.3, -0.25) is 4.90 Å². The first-order chi connectivity index (χ1) is 6.36. The Labute approximate surface area is 89.3 Å². The smallest absolute Gasteiger partial charge is 0.0203 e. The number of hydrogen-bond donors (Lipinski definition) is 0. The van der Waals surface area contributed by atoms with Gasteiger partial charge in [0.05, 0.1) is 0 Å². The molecule has 1 aliphatic heterocycles. The van der Waals surface area contributed by atoms with Gasteiger partial charge in [-0.15, -0.1) is 0 Å². The van der Waals surface area contributed by atoms with Crippen molar-refractivity contribution in [2.45, 2.75) is 59.2 Å². The Balaban J connectivity index is 2.70. The van der Waals surface area contributed by atoms with Crippen molar-refractivity contribution < 1.29 is 0 Å². The monoisotopic (exact) mass is 198 g/mol. The predicted octanol–water partition coefficient (Wildman–Crippen LogP) is 2.20. The number of piperazine rings is 1. The van der Waals surface area contributed by atoms with Crippen molar-refractivity contribution in [1.29, 1.82) is 0 Å². The molecule has 0 spiro atoms. The number of nitrogens with zero attached hydrogens (tertiary/aromatic N) is 2. The Kier molecular flexibility index (Phi) is 3.59. The molecule has 2 atom stereocenters. The summed E-state index contributed by atoms with van der Waals surface area (Å²) in [6.45, 7) is 17.5. The van der Waals surface area contributed by atoms with E-state index in [4.69, 9.17) is 0 Å². The molecule has 2 nitrogen and oxygen atoms in total.